The molecule has 1 heterocycles. The second-order valence-electron chi connectivity index (χ2n) is 9.97. The summed E-state index contributed by atoms with van der Waals surface area (Å²) in [4.78, 5) is 27.7. The molecule has 1 aliphatic rings. The van der Waals surface area contributed by atoms with Crippen LogP contribution in [0.2, 0.25) is 0 Å². The molecule has 0 fully saturated rings. The highest BCUT2D eigenvalue weighted by Gasteiger charge is 2.34. The number of nitrogens with one attached hydrogen (secondary N) is 2. The fourth-order valence-electron chi connectivity index (χ4n) is 4.56. The molecule has 2 N–H and O–H groups in total. The summed E-state index contributed by atoms with van der Waals surface area (Å²) in [5, 5.41) is 6.18. The predicted molar refractivity (Wildman–Crippen MR) is 141 cm³/mol. The monoisotopic (exact) mass is 510 g/mol. The molecule has 190 valence electrons. The van der Waals surface area contributed by atoms with Crippen molar-refractivity contribution in [1.29, 1.82) is 0 Å². The molecule has 8 heteroatoms. The first-order chi connectivity index (χ1) is 17.1. The van der Waals surface area contributed by atoms with Gasteiger partial charge in [-0.2, -0.15) is 0 Å². The molecule has 1 aromatic heterocycles. The second-order valence-corrected chi connectivity index (χ2v) is 11.1. The molecule has 6 nitrogen and oxygen atoms in total. The van der Waals surface area contributed by atoms with Crippen LogP contribution in [0.25, 0.3) is 0 Å². The van der Waals surface area contributed by atoms with E-state index in [0.717, 1.165) is 29.7 Å². The molecule has 0 saturated heterocycles. The first-order valence-corrected chi connectivity index (χ1v) is 12.7. The van der Waals surface area contributed by atoms with E-state index in [-0.39, 0.29) is 16.9 Å². The summed E-state index contributed by atoms with van der Waals surface area (Å²) in [6.07, 6.45) is 2.50. The van der Waals surface area contributed by atoms with Crippen molar-refractivity contribution in [1.82, 2.24) is 0 Å². The first kappa shape index (κ1) is 25.7. The molecule has 3 aromatic rings. The minimum Gasteiger partial charge on any atom is -0.497 e. The zero-order valence-corrected chi connectivity index (χ0v) is 22.0. The van der Waals surface area contributed by atoms with Crippen LogP contribution < -0.4 is 20.1 Å². The molecular weight excluding hydrogens is 479 g/mol. The van der Waals surface area contributed by atoms with Crippen molar-refractivity contribution in [3.05, 3.63) is 69.8 Å². The van der Waals surface area contributed by atoms with Crippen LogP contribution in [0, 0.1) is 17.2 Å². The Morgan fingerprint density at radius 3 is 2.44 bits per heavy atom. The number of hydrogen-bond acceptors (Lipinski definition) is 5. The summed E-state index contributed by atoms with van der Waals surface area (Å²) in [7, 11) is 3.07. The Morgan fingerprint density at radius 1 is 1.03 bits per heavy atom. The number of fused-ring (bicyclic) bond motifs is 1. The quantitative estimate of drug-likeness (QED) is 0.394. The van der Waals surface area contributed by atoms with E-state index >= 15 is 0 Å². The van der Waals surface area contributed by atoms with E-state index in [4.69, 9.17) is 9.47 Å². The summed E-state index contributed by atoms with van der Waals surface area (Å²) in [5.41, 5.74) is 1.90. The SMILES string of the molecule is COc1ccc(NC(=O)c2c(NC(=O)c3ccccc3F)sc3c2CC[C@H](C(C)(C)C)C3)c(OC)c1. The third kappa shape index (κ3) is 5.23. The number of carbonyl (C=O) groups excluding carboxylic acids is 2. The lowest BCUT2D eigenvalue weighted by atomic mass is 9.72. The first-order valence-electron chi connectivity index (χ1n) is 11.9. The smallest absolute Gasteiger partial charge is 0.259 e. The van der Waals surface area contributed by atoms with E-state index in [1.54, 1.807) is 31.4 Å². The van der Waals surface area contributed by atoms with Gasteiger partial charge in [0, 0.05) is 10.9 Å². The van der Waals surface area contributed by atoms with Gasteiger partial charge in [-0.15, -0.1) is 11.3 Å². The molecule has 2 amide bonds. The Morgan fingerprint density at radius 2 is 1.78 bits per heavy atom. The summed E-state index contributed by atoms with van der Waals surface area (Å²) < 4.78 is 25.0. The number of amides is 2. The molecule has 2 aromatic carbocycles. The molecule has 4 rings (SSSR count). The van der Waals surface area contributed by atoms with Crippen molar-refractivity contribution in [2.45, 2.75) is 40.0 Å². The summed E-state index contributed by atoms with van der Waals surface area (Å²) in [5.74, 6) is -0.0426. The number of ether oxygens (including phenoxy) is 2. The van der Waals surface area contributed by atoms with Gasteiger partial charge in [0.15, 0.2) is 0 Å². The number of carbonyl (C=O) groups is 2. The fraction of sp³-hybridized carbons (Fsp3) is 0.357. The lowest BCUT2D eigenvalue weighted by molar-refractivity contribution is 0.102. The topological polar surface area (TPSA) is 76.7 Å². The van der Waals surface area contributed by atoms with Crippen LogP contribution in [0.3, 0.4) is 0 Å². The predicted octanol–water partition coefficient (Wildman–Crippen LogP) is 6.56. The normalized spacial score (nSPS) is 15.1. The van der Waals surface area contributed by atoms with E-state index in [9.17, 15) is 14.0 Å². The van der Waals surface area contributed by atoms with Gasteiger partial charge in [0.25, 0.3) is 11.8 Å². The number of thiophene rings is 1. The average Bonchev–Trinajstić information content (AvgIpc) is 3.21. The Bertz CT molecular complexity index is 1300. The van der Waals surface area contributed by atoms with Crippen LogP contribution in [-0.2, 0) is 12.8 Å². The van der Waals surface area contributed by atoms with Crippen LogP contribution in [0.4, 0.5) is 15.1 Å². The van der Waals surface area contributed by atoms with Gasteiger partial charge in [-0.1, -0.05) is 32.9 Å². The highest BCUT2D eigenvalue weighted by Crippen LogP contribution is 2.45. The van der Waals surface area contributed by atoms with Gasteiger partial charge in [-0.25, -0.2) is 4.39 Å². The second kappa shape index (κ2) is 10.3. The molecular formula is C28H31FN2O4S. The Labute approximate surface area is 214 Å². The molecule has 1 aliphatic carbocycles. The van der Waals surface area contributed by atoms with Gasteiger partial charge in [0.2, 0.25) is 0 Å². The van der Waals surface area contributed by atoms with E-state index in [1.165, 1.54) is 36.6 Å². The number of rotatable bonds is 6. The molecule has 1 atom stereocenters. The van der Waals surface area contributed by atoms with E-state index in [1.807, 2.05) is 0 Å². The fourth-order valence-corrected chi connectivity index (χ4v) is 5.88. The Balaban J connectivity index is 1.71. The molecule has 0 saturated carbocycles. The maximum Gasteiger partial charge on any atom is 0.259 e. The number of hydrogen-bond donors (Lipinski definition) is 2. The molecule has 0 radical (unpaired) electrons. The van der Waals surface area contributed by atoms with Crippen LogP contribution in [0.5, 0.6) is 11.5 Å². The molecule has 0 spiro atoms. The molecule has 0 bridgehead atoms. The third-order valence-electron chi connectivity index (χ3n) is 6.72. The van der Waals surface area contributed by atoms with Crippen LogP contribution in [0.15, 0.2) is 42.5 Å². The van der Waals surface area contributed by atoms with Gasteiger partial charge in [-0.05, 0) is 60.4 Å². The maximum atomic E-state index is 14.3. The van der Waals surface area contributed by atoms with E-state index in [2.05, 4.69) is 31.4 Å². The van der Waals surface area contributed by atoms with Gasteiger partial charge in [0.05, 0.1) is 31.0 Å². The van der Waals surface area contributed by atoms with Gasteiger partial charge < -0.3 is 20.1 Å². The molecule has 0 aliphatic heterocycles. The summed E-state index contributed by atoms with van der Waals surface area (Å²) >= 11 is 1.40. The lowest BCUT2D eigenvalue weighted by Crippen LogP contribution is -2.27. The zero-order valence-electron chi connectivity index (χ0n) is 21.2. The van der Waals surface area contributed by atoms with E-state index in [0.29, 0.717) is 33.7 Å². The Hall–Kier alpha value is -3.39. The van der Waals surface area contributed by atoms with Crippen molar-refractivity contribution >= 4 is 33.8 Å². The van der Waals surface area contributed by atoms with Gasteiger partial charge in [0.1, 0.15) is 22.3 Å². The summed E-state index contributed by atoms with van der Waals surface area (Å²) in [6, 6.07) is 10.9. The van der Waals surface area contributed by atoms with Crippen molar-refractivity contribution in [3.8, 4) is 11.5 Å². The number of halogens is 1. The standard InChI is InChI=1S/C28H31FN2O4S/c1-28(2,3)16-10-12-19-23(14-16)36-27(31-25(32)18-8-6-7-9-20(18)29)24(19)26(33)30-21-13-11-17(34-4)15-22(21)35-5/h6-9,11,13,15-16H,10,12,14H2,1-5H3,(H,30,33)(H,31,32)/t16-/m0/s1. The molecule has 36 heavy (non-hydrogen) atoms. The largest absolute Gasteiger partial charge is 0.497 e. The Kier molecular flexibility index (Phi) is 7.36. The molecule has 0 unspecified atom stereocenters. The van der Waals surface area contributed by atoms with Crippen molar-refractivity contribution in [3.63, 3.8) is 0 Å². The number of methoxy groups -OCH3 is 2. The van der Waals surface area contributed by atoms with Crippen molar-refractivity contribution in [2.24, 2.45) is 11.3 Å². The summed E-state index contributed by atoms with van der Waals surface area (Å²) in [6.45, 7) is 6.67. The highest BCUT2D eigenvalue weighted by molar-refractivity contribution is 7.17. The minimum absolute atomic E-state index is 0.0698. The number of anilines is 2. The van der Waals surface area contributed by atoms with Crippen LogP contribution >= 0.6 is 11.3 Å². The average molecular weight is 511 g/mol. The zero-order chi connectivity index (χ0) is 26.0. The van der Waals surface area contributed by atoms with Gasteiger partial charge in [-0.3, -0.25) is 9.59 Å². The van der Waals surface area contributed by atoms with Crippen molar-refractivity contribution < 1.29 is 23.5 Å². The minimum atomic E-state index is -0.613. The third-order valence-corrected chi connectivity index (χ3v) is 7.89. The van der Waals surface area contributed by atoms with Crippen LogP contribution in [0.1, 0.15) is 58.3 Å². The highest BCUT2D eigenvalue weighted by atomic mass is 32.1. The lowest BCUT2D eigenvalue weighted by Gasteiger charge is -2.33. The maximum absolute atomic E-state index is 14.3. The van der Waals surface area contributed by atoms with Gasteiger partial charge >= 0.3 is 0 Å². The number of benzene rings is 2. The van der Waals surface area contributed by atoms with Crippen molar-refractivity contribution in [2.75, 3.05) is 24.9 Å². The van der Waals surface area contributed by atoms with Crippen LogP contribution in [-0.4, -0.2) is 26.0 Å². The van der Waals surface area contributed by atoms with E-state index < -0.39 is 11.7 Å².